The van der Waals surface area contributed by atoms with Crippen LogP contribution in [-0.4, -0.2) is 30.3 Å². The lowest BCUT2D eigenvalue weighted by Crippen LogP contribution is -2.26. The minimum Gasteiger partial charge on any atom is -0.508 e. The molecule has 1 heterocycles. The third-order valence-corrected chi connectivity index (χ3v) is 3.08. The fourth-order valence-electron chi connectivity index (χ4n) is 2.08. The zero-order valence-corrected chi connectivity index (χ0v) is 12.6. The Bertz CT molecular complexity index is 406. The summed E-state index contributed by atoms with van der Waals surface area (Å²) in [5, 5.41) is 12.7. The fraction of sp³-hybridized carbons (Fsp3) is 0.562. The first kappa shape index (κ1) is 16.5. The molecule has 0 bridgehead atoms. The van der Waals surface area contributed by atoms with Crippen LogP contribution in [0.4, 0.5) is 0 Å². The number of carbonyl (C=O) groups excluding carboxylic acids is 1. The molecule has 1 aliphatic rings. The molecule has 0 saturated carbocycles. The van der Waals surface area contributed by atoms with E-state index >= 15 is 0 Å². The molecule has 20 heavy (non-hydrogen) atoms. The van der Waals surface area contributed by atoms with Gasteiger partial charge in [0.2, 0.25) is 0 Å². The molecule has 1 aromatic carbocycles. The van der Waals surface area contributed by atoms with Gasteiger partial charge in [0.1, 0.15) is 11.4 Å². The van der Waals surface area contributed by atoms with Crippen LogP contribution in [0.3, 0.4) is 0 Å². The number of rotatable bonds is 2. The maximum Gasteiger partial charge on any atom is 0.293 e. The summed E-state index contributed by atoms with van der Waals surface area (Å²) < 4.78 is 4.55. The van der Waals surface area contributed by atoms with Crippen molar-refractivity contribution in [3.63, 3.8) is 0 Å². The van der Waals surface area contributed by atoms with Crippen LogP contribution in [0, 0.1) is 0 Å². The highest BCUT2D eigenvalue weighted by Crippen LogP contribution is 2.27. The third-order valence-electron chi connectivity index (χ3n) is 3.08. The number of phenolic OH excluding ortho intramolecular Hbond substituents is 1. The van der Waals surface area contributed by atoms with Gasteiger partial charge >= 0.3 is 0 Å². The van der Waals surface area contributed by atoms with Crippen molar-refractivity contribution in [2.75, 3.05) is 13.1 Å². The molecule has 4 heteroatoms. The Labute approximate surface area is 121 Å². The average Bonchev–Trinajstić information content (AvgIpc) is 2.39. The molecule has 112 valence electrons. The molecule has 0 aliphatic carbocycles. The smallest absolute Gasteiger partial charge is 0.293 e. The lowest BCUT2D eigenvalue weighted by molar-refractivity contribution is -0.138. The molecule has 0 radical (unpaired) electrons. The minimum atomic E-state index is -0.318. The van der Waals surface area contributed by atoms with Gasteiger partial charge in [0, 0.05) is 0 Å². The molecule has 1 saturated heterocycles. The predicted octanol–water partition coefficient (Wildman–Crippen LogP) is 2.82. The van der Waals surface area contributed by atoms with E-state index in [4.69, 9.17) is 0 Å². The van der Waals surface area contributed by atoms with Gasteiger partial charge in [-0.2, -0.15) is 0 Å². The van der Waals surface area contributed by atoms with E-state index in [1.165, 1.54) is 18.4 Å². The summed E-state index contributed by atoms with van der Waals surface area (Å²) in [5.41, 5.74) is 0.961. The molecular formula is C16H25NO3. The number of hydrogen-bond donors (Lipinski definition) is 2. The molecule has 0 aromatic heterocycles. The van der Waals surface area contributed by atoms with Crippen molar-refractivity contribution in [3.8, 4) is 5.75 Å². The highest BCUT2D eigenvalue weighted by atomic mass is 16.5. The van der Waals surface area contributed by atoms with E-state index in [1.54, 1.807) is 6.07 Å². The Morgan fingerprint density at radius 2 is 1.95 bits per heavy atom. The first-order valence-electron chi connectivity index (χ1n) is 7.03. The summed E-state index contributed by atoms with van der Waals surface area (Å²) in [7, 11) is 0. The average molecular weight is 279 g/mol. The standard InChI is InChI=1S/C11H15NO.C5H10O2/c13-11-3-1-2-10(8-11)9-4-6-12-7-5-9;1-5(2,3)7-4-6/h1-3,8-9,12-13H,4-7H2;4H,1-3H3. The van der Waals surface area contributed by atoms with Gasteiger partial charge in [-0.05, 0) is 70.3 Å². The van der Waals surface area contributed by atoms with E-state index in [9.17, 15) is 9.90 Å². The number of carbonyl (C=O) groups is 1. The van der Waals surface area contributed by atoms with Crippen LogP contribution in [0.15, 0.2) is 24.3 Å². The molecule has 4 nitrogen and oxygen atoms in total. The van der Waals surface area contributed by atoms with Crippen LogP contribution < -0.4 is 5.32 Å². The van der Waals surface area contributed by atoms with Crippen molar-refractivity contribution < 1.29 is 14.6 Å². The molecule has 2 N–H and O–H groups in total. The number of aromatic hydroxyl groups is 1. The molecule has 1 aliphatic heterocycles. The largest absolute Gasteiger partial charge is 0.508 e. The van der Waals surface area contributed by atoms with Crippen molar-refractivity contribution >= 4 is 6.47 Å². The molecule has 0 amide bonds. The quantitative estimate of drug-likeness (QED) is 0.817. The first-order chi connectivity index (χ1) is 9.42. The van der Waals surface area contributed by atoms with Crippen LogP contribution >= 0.6 is 0 Å². The SMILES string of the molecule is CC(C)(C)OC=O.Oc1cccc(C2CCNCC2)c1. The van der Waals surface area contributed by atoms with E-state index in [1.807, 2.05) is 32.9 Å². The van der Waals surface area contributed by atoms with Crippen molar-refractivity contribution in [3.05, 3.63) is 29.8 Å². The van der Waals surface area contributed by atoms with Crippen molar-refractivity contribution in [2.45, 2.75) is 45.1 Å². The van der Waals surface area contributed by atoms with Gasteiger partial charge in [-0.3, -0.25) is 4.79 Å². The first-order valence-corrected chi connectivity index (χ1v) is 7.03. The maximum absolute atomic E-state index is 9.60. The molecule has 1 aromatic rings. The van der Waals surface area contributed by atoms with Gasteiger partial charge in [-0.25, -0.2) is 0 Å². The van der Waals surface area contributed by atoms with Gasteiger partial charge in [0.15, 0.2) is 0 Å². The zero-order chi connectivity index (χ0) is 15.0. The van der Waals surface area contributed by atoms with Crippen LogP contribution in [0.25, 0.3) is 0 Å². The highest BCUT2D eigenvalue weighted by Gasteiger charge is 2.14. The fourth-order valence-corrected chi connectivity index (χ4v) is 2.08. The molecule has 2 rings (SSSR count). The molecule has 1 fully saturated rings. The summed E-state index contributed by atoms with van der Waals surface area (Å²) in [4.78, 5) is 9.60. The predicted molar refractivity (Wildman–Crippen MR) is 79.9 cm³/mol. The molecule has 0 spiro atoms. The van der Waals surface area contributed by atoms with E-state index < -0.39 is 0 Å². The Morgan fingerprint density at radius 3 is 2.40 bits per heavy atom. The number of hydrogen-bond acceptors (Lipinski definition) is 4. The van der Waals surface area contributed by atoms with Gasteiger partial charge in [-0.1, -0.05) is 12.1 Å². The number of piperidine rings is 1. The number of nitrogens with one attached hydrogen (secondary N) is 1. The van der Waals surface area contributed by atoms with E-state index in [0.29, 0.717) is 18.1 Å². The summed E-state index contributed by atoms with van der Waals surface area (Å²) in [6.07, 6.45) is 2.37. The van der Waals surface area contributed by atoms with E-state index in [2.05, 4.69) is 16.1 Å². The Kier molecular flexibility index (Phi) is 6.52. The second-order valence-corrected chi connectivity index (χ2v) is 5.95. The maximum atomic E-state index is 9.60. The highest BCUT2D eigenvalue weighted by molar-refractivity contribution is 5.37. The zero-order valence-electron chi connectivity index (χ0n) is 12.6. The number of benzene rings is 1. The second-order valence-electron chi connectivity index (χ2n) is 5.95. The van der Waals surface area contributed by atoms with Crippen LogP contribution in [0.5, 0.6) is 5.75 Å². The Balaban J connectivity index is 0.000000246. The normalized spacial score (nSPS) is 15.9. The van der Waals surface area contributed by atoms with Crippen LogP contribution in [0.1, 0.15) is 45.1 Å². The summed E-state index contributed by atoms with van der Waals surface area (Å²) in [6.45, 7) is 8.12. The van der Waals surface area contributed by atoms with Crippen molar-refractivity contribution in [2.24, 2.45) is 0 Å². The Morgan fingerprint density at radius 1 is 1.30 bits per heavy atom. The Hall–Kier alpha value is -1.55. The number of ether oxygens (including phenoxy) is 1. The minimum absolute atomic E-state index is 0.318. The monoisotopic (exact) mass is 279 g/mol. The number of phenols is 1. The van der Waals surface area contributed by atoms with Gasteiger partial charge < -0.3 is 15.2 Å². The van der Waals surface area contributed by atoms with Crippen molar-refractivity contribution in [1.29, 1.82) is 0 Å². The molecule has 0 atom stereocenters. The summed E-state index contributed by atoms with van der Waals surface area (Å²) in [5.74, 6) is 1.02. The molecular weight excluding hydrogens is 254 g/mol. The second kappa shape index (κ2) is 7.90. The lowest BCUT2D eigenvalue weighted by Gasteiger charge is -2.22. The van der Waals surface area contributed by atoms with E-state index in [-0.39, 0.29) is 5.60 Å². The topological polar surface area (TPSA) is 58.6 Å². The summed E-state index contributed by atoms with van der Waals surface area (Å²) >= 11 is 0. The molecule has 0 unspecified atom stereocenters. The van der Waals surface area contributed by atoms with Crippen molar-refractivity contribution in [1.82, 2.24) is 5.32 Å². The summed E-state index contributed by atoms with van der Waals surface area (Å²) in [6, 6.07) is 7.64. The van der Waals surface area contributed by atoms with Gasteiger partial charge in [0.05, 0.1) is 0 Å². The van der Waals surface area contributed by atoms with Crippen LogP contribution in [0.2, 0.25) is 0 Å². The van der Waals surface area contributed by atoms with E-state index in [0.717, 1.165) is 13.1 Å². The van der Waals surface area contributed by atoms with Crippen LogP contribution in [-0.2, 0) is 9.53 Å². The van der Waals surface area contributed by atoms with Gasteiger partial charge in [0.25, 0.3) is 6.47 Å². The van der Waals surface area contributed by atoms with Gasteiger partial charge in [-0.15, -0.1) is 0 Å². The third kappa shape index (κ3) is 6.57. The lowest BCUT2D eigenvalue weighted by atomic mass is 9.90.